The molecule has 0 unspecified atom stereocenters. The topological polar surface area (TPSA) is 29.1 Å². The first kappa shape index (κ1) is 11.5. The fourth-order valence-electron chi connectivity index (χ4n) is 2.03. The number of fused-ring (bicyclic) bond motifs is 1. The zero-order valence-corrected chi connectivity index (χ0v) is 11.6. The van der Waals surface area contributed by atoms with Crippen molar-refractivity contribution in [3.05, 3.63) is 63.2 Å². The molecule has 1 aliphatic rings. The molecule has 0 atom stereocenters. The van der Waals surface area contributed by atoms with Gasteiger partial charge in [0.15, 0.2) is 0 Å². The summed E-state index contributed by atoms with van der Waals surface area (Å²) in [4.78, 5) is 12.0. The molecule has 0 aromatic heterocycles. The van der Waals surface area contributed by atoms with Crippen LogP contribution in [0.1, 0.15) is 11.1 Å². The number of nitrogens with one attached hydrogen (secondary N) is 1. The van der Waals surface area contributed by atoms with Crippen LogP contribution in [0.25, 0.3) is 11.6 Å². The first-order chi connectivity index (χ1) is 8.75. The molecule has 0 saturated carbocycles. The zero-order chi connectivity index (χ0) is 12.5. The second kappa shape index (κ2) is 4.57. The molecule has 0 bridgehead atoms. The van der Waals surface area contributed by atoms with Crippen molar-refractivity contribution in [3.63, 3.8) is 0 Å². The third-order valence-corrected chi connectivity index (χ3v) is 3.90. The monoisotopic (exact) mass is 347 g/mol. The van der Waals surface area contributed by atoms with E-state index in [0.29, 0.717) is 0 Å². The Morgan fingerprint density at radius 3 is 2.56 bits per heavy atom. The highest BCUT2D eigenvalue weighted by Crippen LogP contribution is 2.33. The average Bonchev–Trinajstić information content (AvgIpc) is 2.69. The lowest BCUT2D eigenvalue weighted by atomic mass is 10.0. The van der Waals surface area contributed by atoms with Crippen LogP contribution in [0.5, 0.6) is 0 Å². The van der Waals surface area contributed by atoms with Crippen LogP contribution in [0, 0.1) is 3.57 Å². The predicted molar refractivity (Wildman–Crippen MR) is 82.1 cm³/mol. The Labute approximate surface area is 119 Å². The molecule has 3 heteroatoms. The quantitative estimate of drug-likeness (QED) is 0.617. The molecule has 1 N–H and O–H groups in total. The van der Waals surface area contributed by atoms with Crippen molar-refractivity contribution in [2.75, 3.05) is 5.32 Å². The van der Waals surface area contributed by atoms with Crippen LogP contribution in [0.3, 0.4) is 0 Å². The lowest BCUT2D eigenvalue weighted by Crippen LogP contribution is -2.03. The number of para-hydroxylation sites is 1. The van der Waals surface area contributed by atoms with Gasteiger partial charge in [0.25, 0.3) is 5.91 Å². The lowest BCUT2D eigenvalue weighted by molar-refractivity contribution is -0.110. The molecule has 88 valence electrons. The Balaban J connectivity index is 2.13. The second-order valence-corrected chi connectivity index (χ2v) is 5.24. The molecule has 2 aromatic rings. The van der Waals surface area contributed by atoms with Crippen molar-refractivity contribution in [2.45, 2.75) is 0 Å². The summed E-state index contributed by atoms with van der Waals surface area (Å²) in [6, 6.07) is 15.8. The number of anilines is 1. The molecule has 0 radical (unpaired) electrons. The van der Waals surface area contributed by atoms with Gasteiger partial charge in [-0.3, -0.25) is 4.79 Å². The zero-order valence-electron chi connectivity index (χ0n) is 9.48. The van der Waals surface area contributed by atoms with Gasteiger partial charge in [-0.15, -0.1) is 0 Å². The molecule has 0 fully saturated rings. The van der Waals surface area contributed by atoms with Gasteiger partial charge in [0.05, 0.1) is 0 Å². The smallest absolute Gasteiger partial charge is 0.256 e. The van der Waals surface area contributed by atoms with Crippen molar-refractivity contribution >= 4 is 45.8 Å². The van der Waals surface area contributed by atoms with E-state index in [0.717, 1.165) is 26.0 Å². The summed E-state index contributed by atoms with van der Waals surface area (Å²) in [7, 11) is 0. The third-order valence-electron chi connectivity index (χ3n) is 2.92. The van der Waals surface area contributed by atoms with E-state index < -0.39 is 0 Å². The maximum absolute atomic E-state index is 12.0. The van der Waals surface area contributed by atoms with Crippen molar-refractivity contribution in [3.8, 4) is 0 Å². The highest BCUT2D eigenvalue weighted by atomic mass is 127. The number of hydrogen-bond donors (Lipinski definition) is 1. The van der Waals surface area contributed by atoms with Gasteiger partial charge in [-0.2, -0.15) is 0 Å². The standard InChI is InChI=1S/C15H10INO/c16-13-7-3-1-5-10(13)9-12-11-6-2-4-8-14(11)17-15(12)18/h1-9H,(H,17,18)/b12-9-. The fourth-order valence-corrected chi connectivity index (χ4v) is 2.57. The van der Waals surface area contributed by atoms with E-state index in [-0.39, 0.29) is 5.91 Å². The van der Waals surface area contributed by atoms with E-state index in [4.69, 9.17) is 0 Å². The van der Waals surface area contributed by atoms with Crippen molar-refractivity contribution < 1.29 is 4.79 Å². The van der Waals surface area contributed by atoms with E-state index >= 15 is 0 Å². The summed E-state index contributed by atoms with van der Waals surface area (Å²) < 4.78 is 1.14. The number of rotatable bonds is 1. The Morgan fingerprint density at radius 2 is 1.72 bits per heavy atom. The minimum absolute atomic E-state index is 0.0316. The van der Waals surface area contributed by atoms with Gasteiger partial charge in [-0.05, 0) is 46.4 Å². The molecular formula is C15H10INO. The maximum Gasteiger partial charge on any atom is 0.256 e. The maximum atomic E-state index is 12.0. The average molecular weight is 347 g/mol. The minimum Gasteiger partial charge on any atom is -0.321 e. The molecule has 2 aromatic carbocycles. The number of halogens is 1. The van der Waals surface area contributed by atoms with Gasteiger partial charge in [-0.1, -0.05) is 36.4 Å². The van der Waals surface area contributed by atoms with Crippen LogP contribution in [0.4, 0.5) is 5.69 Å². The third kappa shape index (κ3) is 1.95. The number of benzene rings is 2. The Bertz CT molecular complexity index is 661. The largest absolute Gasteiger partial charge is 0.321 e. The van der Waals surface area contributed by atoms with Crippen LogP contribution in [0.15, 0.2) is 48.5 Å². The molecule has 0 aliphatic carbocycles. The van der Waals surface area contributed by atoms with Crippen molar-refractivity contribution in [1.29, 1.82) is 0 Å². The number of carbonyl (C=O) groups excluding carboxylic acids is 1. The van der Waals surface area contributed by atoms with Gasteiger partial charge < -0.3 is 5.32 Å². The van der Waals surface area contributed by atoms with Crippen LogP contribution in [-0.2, 0) is 4.79 Å². The van der Waals surface area contributed by atoms with E-state index in [9.17, 15) is 4.79 Å². The Hall–Kier alpha value is -1.62. The van der Waals surface area contributed by atoms with Gasteiger partial charge >= 0.3 is 0 Å². The predicted octanol–water partition coefficient (Wildman–Crippen LogP) is 3.78. The van der Waals surface area contributed by atoms with Crippen LogP contribution >= 0.6 is 22.6 Å². The van der Waals surface area contributed by atoms with Gasteiger partial charge in [0, 0.05) is 20.4 Å². The summed E-state index contributed by atoms with van der Waals surface area (Å²) in [6.45, 7) is 0. The Morgan fingerprint density at radius 1 is 1.00 bits per heavy atom. The number of hydrogen-bond acceptors (Lipinski definition) is 1. The van der Waals surface area contributed by atoms with E-state index in [1.165, 1.54) is 0 Å². The first-order valence-electron chi connectivity index (χ1n) is 5.63. The van der Waals surface area contributed by atoms with Crippen LogP contribution in [0.2, 0.25) is 0 Å². The SMILES string of the molecule is O=C1Nc2ccccc2/C1=C/c1ccccc1I. The molecule has 1 aliphatic heterocycles. The van der Waals surface area contributed by atoms with E-state index in [2.05, 4.69) is 27.9 Å². The van der Waals surface area contributed by atoms with Gasteiger partial charge in [-0.25, -0.2) is 0 Å². The highest BCUT2D eigenvalue weighted by molar-refractivity contribution is 14.1. The lowest BCUT2D eigenvalue weighted by Gasteiger charge is -2.00. The molecular weight excluding hydrogens is 337 g/mol. The molecule has 1 amide bonds. The summed E-state index contributed by atoms with van der Waals surface area (Å²) in [5.41, 5.74) is 3.66. The minimum atomic E-state index is -0.0316. The Kier molecular flexibility index (Phi) is 2.91. The normalized spacial score (nSPS) is 15.6. The van der Waals surface area contributed by atoms with Crippen LogP contribution < -0.4 is 5.32 Å². The van der Waals surface area contributed by atoms with Crippen LogP contribution in [-0.4, -0.2) is 5.91 Å². The highest BCUT2D eigenvalue weighted by Gasteiger charge is 2.23. The summed E-state index contributed by atoms with van der Waals surface area (Å²) in [6.07, 6.45) is 1.95. The fraction of sp³-hybridized carbons (Fsp3) is 0. The number of amides is 1. The summed E-state index contributed by atoms with van der Waals surface area (Å²) in [5.74, 6) is -0.0316. The molecule has 3 rings (SSSR count). The molecule has 2 nitrogen and oxygen atoms in total. The van der Waals surface area contributed by atoms with Crippen molar-refractivity contribution in [2.24, 2.45) is 0 Å². The van der Waals surface area contributed by atoms with Gasteiger partial charge in [0.2, 0.25) is 0 Å². The molecule has 18 heavy (non-hydrogen) atoms. The second-order valence-electron chi connectivity index (χ2n) is 4.08. The van der Waals surface area contributed by atoms with E-state index in [1.807, 2.05) is 54.6 Å². The molecule has 0 spiro atoms. The molecule has 1 heterocycles. The summed E-state index contributed by atoms with van der Waals surface area (Å²) >= 11 is 2.28. The van der Waals surface area contributed by atoms with Gasteiger partial charge in [0.1, 0.15) is 0 Å². The molecule has 0 saturated heterocycles. The number of carbonyl (C=O) groups is 1. The van der Waals surface area contributed by atoms with Crippen molar-refractivity contribution in [1.82, 2.24) is 0 Å². The van der Waals surface area contributed by atoms with E-state index in [1.54, 1.807) is 0 Å². The first-order valence-corrected chi connectivity index (χ1v) is 6.70. The summed E-state index contributed by atoms with van der Waals surface area (Å²) in [5, 5.41) is 2.88.